The van der Waals surface area contributed by atoms with Crippen molar-refractivity contribution in [3.63, 3.8) is 0 Å². The van der Waals surface area contributed by atoms with Crippen molar-refractivity contribution in [1.29, 1.82) is 0 Å². The molecule has 0 spiro atoms. The van der Waals surface area contributed by atoms with E-state index < -0.39 is 112 Å². The van der Waals surface area contributed by atoms with Crippen LogP contribution in [0.15, 0.2) is 108 Å². The minimum absolute atomic E-state index is 0.0234. The second-order valence-corrected chi connectivity index (χ2v) is 20.7. The van der Waals surface area contributed by atoms with Crippen LogP contribution in [0, 0.1) is 35.5 Å². The Balaban J connectivity index is 0.000000195. The zero-order chi connectivity index (χ0) is 53.3. The van der Waals surface area contributed by atoms with Crippen LogP contribution in [-0.4, -0.2) is 139 Å². The van der Waals surface area contributed by atoms with Crippen LogP contribution in [0.2, 0.25) is 0 Å². The SMILES string of the molecule is CN(C)[C@@H]1C(O)C(C(N)=O)C(=O)[C@@]2(O)C(=O)C3=C(O)c4c(O)cccc4C[C@H]3C[C@@H]12.CN(C)[C@@H]1C(OCc2ccccc2)C(C(N)=O)C(=O)[C@@]2(O)C(=O)C3=C(O)c4c(cccc4OCc4ccccc4)C[C@H]3C[C@@H]12. The Morgan fingerprint density at radius 1 is 0.608 bits per heavy atom. The van der Waals surface area contributed by atoms with E-state index in [0.29, 0.717) is 29.7 Å². The average molecular weight is 1010 g/mol. The molecule has 0 bridgehead atoms. The first kappa shape index (κ1) is 51.8. The molecule has 0 aliphatic heterocycles. The van der Waals surface area contributed by atoms with Crippen LogP contribution in [0.1, 0.15) is 46.2 Å². The second kappa shape index (κ2) is 19.7. The molecule has 0 aromatic heterocycles. The Bertz CT molecular complexity index is 3010. The number of likely N-dealkylation sites (N-methyl/N-ethyl adjacent to an activating group) is 2. The molecule has 0 radical (unpaired) electrons. The maximum atomic E-state index is 14.3. The Morgan fingerprint density at radius 2 is 1.07 bits per heavy atom. The number of phenolic OH excluding ortho intramolecular Hbond substituents is 1. The summed E-state index contributed by atoms with van der Waals surface area (Å²) in [6, 6.07) is 27.5. The number of primary amides is 2. The molecule has 6 aliphatic carbocycles. The van der Waals surface area contributed by atoms with Gasteiger partial charge in [0, 0.05) is 35.1 Å². The van der Waals surface area contributed by atoms with Gasteiger partial charge in [0.25, 0.3) is 0 Å². The van der Waals surface area contributed by atoms with Crippen molar-refractivity contribution >= 4 is 46.5 Å². The van der Waals surface area contributed by atoms with E-state index in [1.807, 2.05) is 72.8 Å². The molecule has 10 N–H and O–H groups in total. The number of amides is 2. The standard InChI is InChI=1S/C35H36N2O7.C21H24N2O7/c1-37(2)29-24-17-23-16-22-14-9-15-25(43-18-20-10-5-3-6-11-20)26(22)30(38)27(23)32(39)35(24,42)33(40)28(34(36)41)31(29)44-19-21-12-7-4-8-13-21;1-23(2)15-10-7-9-6-8-4-3-5-11(24)12(8)16(25)13(9)18(27)21(10,30)19(28)14(17(15)26)20(22)29/h3-15,23-24,28-29,31,38,42H,16-19H2,1-2H3,(H2,36,41);3-5,9-10,14-15,17,24-26,30H,6-7H2,1-2H3,(H2,22,29)/t23-,24-,28?,29-,31?,35-;9-,10-,14?,15-,17?,21-/m00/s1. The molecule has 0 saturated heterocycles. The number of ether oxygens (including phenoxy) is 2. The lowest BCUT2D eigenvalue weighted by molar-refractivity contribution is -0.190. The number of phenols is 1. The lowest BCUT2D eigenvalue weighted by Gasteiger charge is -2.54. The number of aromatic hydroxyl groups is 1. The number of nitrogens with zero attached hydrogens (tertiary/aromatic N) is 2. The summed E-state index contributed by atoms with van der Waals surface area (Å²) in [4.78, 5) is 83.1. The Morgan fingerprint density at radius 3 is 1.58 bits per heavy atom. The molecule has 10 rings (SSSR count). The molecule has 2 amide bonds. The van der Waals surface area contributed by atoms with Crippen molar-refractivity contribution in [1.82, 2.24) is 9.80 Å². The van der Waals surface area contributed by atoms with Gasteiger partial charge >= 0.3 is 0 Å². The lowest BCUT2D eigenvalue weighted by atomic mass is 9.54. The van der Waals surface area contributed by atoms with E-state index in [0.717, 1.165) is 16.7 Å². The van der Waals surface area contributed by atoms with Crippen molar-refractivity contribution in [2.24, 2.45) is 47.0 Å². The monoisotopic (exact) mass is 1010 g/mol. The summed E-state index contributed by atoms with van der Waals surface area (Å²) in [6.07, 6.45) is -1.44. The predicted octanol–water partition coefficient (Wildman–Crippen LogP) is 2.36. The van der Waals surface area contributed by atoms with Crippen LogP contribution in [-0.2, 0) is 59.6 Å². The fraction of sp³-hybridized carbons (Fsp3) is 0.393. The van der Waals surface area contributed by atoms with Gasteiger partial charge in [-0.2, -0.15) is 0 Å². The Kier molecular flexibility index (Phi) is 13.8. The molecule has 4 fully saturated rings. The fourth-order valence-electron chi connectivity index (χ4n) is 12.9. The molecular weight excluding hydrogens is 953 g/mol. The highest BCUT2D eigenvalue weighted by atomic mass is 16.5. The number of hydrogen-bond donors (Lipinski definition) is 8. The van der Waals surface area contributed by atoms with E-state index in [-0.39, 0.29) is 54.3 Å². The van der Waals surface area contributed by atoms with Gasteiger partial charge in [-0.3, -0.25) is 28.8 Å². The van der Waals surface area contributed by atoms with Crippen LogP contribution < -0.4 is 16.2 Å². The van der Waals surface area contributed by atoms with Crippen molar-refractivity contribution in [2.75, 3.05) is 28.2 Å². The molecule has 6 aliphatic rings. The van der Waals surface area contributed by atoms with E-state index in [1.54, 1.807) is 56.2 Å². The number of carbonyl (C=O) groups is 6. The summed E-state index contributed by atoms with van der Waals surface area (Å²) < 4.78 is 12.3. The number of Topliss-reactive ketones (excluding diaryl/α,β-unsaturated/α-hetero) is 4. The van der Waals surface area contributed by atoms with Gasteiger partial charge in [0.1, 0.15) is 41.5 Å². The number of benzene rings is 4. The molecule has 388 valence electrons. The minimum atomic E-state index is -2.62. The first-order valence-corrected chi connectivity index (χ1v) is 24.5. The van der Waals surface area contributed by atoms with Gasteiger partial charge in [0.15, 0.2) is 22.8 Å². The first-order valence-electron chi connectivity index (χ1n) is 24.5. The number of aliphatic hydroxyl groups is 5. The molecule has 12 atom stereocenters. The third-order valence-electron chi connectivity index (χ3n) is 16.1. The van der Waals surface area contributed by atoms with Gasteiger partial charge in [0.2, 0.25) is 23.4 Å². The number of rotatable bonds is 10. The van der Waals surface area contributed by atoms with Crippen LogP contribution >= 0.6 is 0 Å². The van der Waals surface area contributed by atoms with Gasteiger partial charge in [-0.05, 0) is 100 Å². The van der Waals surface area contributed by atoms with Crippen molar-refractivity contribution in [2.45, 2.75) is 74.4 Å². The molecule has 0 heterocycles. The van der Waals surface area contributed by atoms with E-state index in [1.165, 1.54) is 6.07 Å². The third kappa shape index (κ3) is 8.29. The Labute approximate surface area is 426 Å². The number of carbonyl (C=O) groups excluding carboxylic acids is 6. The Hall–Kier alpha value is -7.06. The number of aliphatic hydroxyl groups excluding tert-OH is 3. The summed E-state index contributed by atoms with van der Waals surface area (Å²) in [5.41, 5.74) is 9.41. The average Bonchev–Trinajstić information content (AvgIpc) is 3.35. The van der Waals surface area contributed by atoms with Crippen molar-refractivity contribution in [3.05, 3.63) is 142 Å². The van der Waals surface area contributed by atoms with Crippen LogP contribution in [0.25, 0.3) is 11.5 Å². The van der Waals surface area contributed by atoms with Gasteiger partial charge in [0.05, 0.1) is 29.9 Å². The van der Waals surface area contributed by atoms with E-state index >= 15 is 0 Å². The summed E-state index contributed by atoms with van der Waals surface area (Å²) in [7, 11) is 6.75. The van der Waals surface area contributed by atoms with Crippen LogP contribution in [0.5, 0.6) is 11.5 Å². The summed E-state index contributed by atoms with van der Waals surface area (Å²) in [6.45, 7) is 0.359. The zero-order valence-corrected chi connectivity index (χ0v) is 41.3. The smallest absolute Gasteiger partial charge is 0.230 e. The van der Waals surface area contributed by atoms with Crippen molar-refractivity contribution < 1.29 is 68.9 Å². The molecule has 4 saturated carbocycles. The normalized spacial score (nSPS) is 31.0. The molecule has 4 aromatic carbocycles. The van der Waals surface area contributed by atoms with Gasteiger partial charge in [-0.25, -0.2) is 0 Å². The largest absolute Gasteiger partial charge is 0.507 e. The van der Waals surface area contributed by atoms with Crippen LogP contribution in [0.4, 0.5) is 0 Å². The highest BCUT2D eigenvalue weighted by Gasteiger charge is 2.69. The van der Waals surface area contributed by atoms with Crippen molar-refractivity contribution in [3.8, 4) is 11.5 Å². The minimum Gasteiger partial charge on any atom is -0.507 e. The molecule has 18 nitrogen and oxygen atoms in total. The highest BCUT2D eigenvalue weighted by Crippen LogP contribution is 2.54. The summed E-state index contributed by atoms with van der Waals surface area (Å²) >= 11 is 0. The fourth-order valence-corrected chi connectivity index (χ4v) is 12.9. The van der Waals surface area contributed by atoms with Gasteiger partial charge in [-0.1, -0.05) is 84.9 Å². The van der Waals surface area contributed by atoms with E-state index in [9.17, 15) is 59.4 Å². The molecule has 4 unspecified atom stereocenters. The maximum Gasteiger partial charge on any atom is 0.230 e. The molecular formula is C56H60N4O14. The molecule has 4 aromatic rings. The number of hydrogen-bond acceptors (Lipinski definition) is 16. The summed E-state index contributed by atoms with van der Waals surface area (Å²) in [5.74, 6) is -13.0. The quantitative estimate of drug-likeness (QED) is 0.106. The molecule has 74 heavy (non-hydrogen) atoms. The van der Waals surface area contributed by atoms with Gasteiger partial charge in [-0.15, -0.1) is 0 Å². The first-order chi connectivity index (χ1) is 35.1. The highest BCUT2D eigenvalue weighted by molar-refractivity contribution is 6.26. The number of ketones is 4. The predicted molar refractivity (Wildman–Crippen MR) is 266 cm³/mol. The topological polar surface area (TPSA) is 301 Å². The third-order valence-corrected chi connectivity index (χ3v) is 16.1. The van der Waals surface area contributed by atoms with Gasteiger partial charge < -0.3 is 61.4 Å². The van der Waals surface area contributed by atoms with Crippen LogP contribution in [0.3, 0.4) is 0 Å². The number of nitrogens with two attached hydrogens (primary N) is 2. The maximum absolute atomic E-state index is 14.3. The zero-order valence-electron chi connectivity index (χ0n) is 41.3. The van der Waals surface area contributed by atoms with E-state index in [2.05, 4.69) is 0 Å². The lowest BCUT2D eigenvalue weighted by Crippen LogP contribution is -2.73. The molecule has 18 heteroatoms. The summed E-state index contributed by atoms with van der Waals surface area (Å²) in [5, 5.41) is 66.9. The van der Waals surface area contributed by atoms with E-state index in [4.69, 9.17) is 20.9 Å². The second-order valence-electron chi connectivity index (χ2n) is 20.7. The number of fused-ring (bicyclic) bond motifs is 6.